The van der Waals surface area contributed by atoms with E-state index in [9.17, 15) is 0 Å². The SMILES string of the molecule is CC(N=C(N=C(N)c1ccccc1)c1ccccc1)c1ccc(N2c3ccccc3C(c3ccccc3)(c3ccc4sc5ccccc5c4c3)c3ccccc32)cc1. The van der Waals surface area contributed by atoms with Crippen LogP contribution >= 0.6 is 11.3 Å². The maximum Gasteiger partial charge on any atom is 0.157 e. The summed E-state index contributed by atoms with van der Waals surface area (Å²) < 4.78 is 2.61. The lowest BCUT2D eigenvalue weighted by molar-refractivity contribution is 0.732. The molecular formula is C53H40N4S. The van der Waals surface area contributed by atoms with Crippen LogP contribution in [0.1, 0.15) is 51.9 Å². The van der Waals surface area contributed by atoms with Crippen LogP contribution < -0.4 is 10.6 Å². The van der Waals surface area contributed by atoms with E-state index in [4.69, 9.17) is 15.7 Å². The number of nitrogens with two attached hydrogens (primary N) is 1. The van der Waals surface area contributed by atoms with Gasteiger partial charge >= 0.3 is 0 Å². The van der Waals surface area contributed by atoms with E-state index >= 15 is 0 Å². The molecule has 9 aromatic rings. The maximum absolute atomic E-state index is 6.53. The van der Waals surface area contributed by atoms with Gasteiger partial charge in [0, 0.05) is 37.0 Å². The topological polar surface area (TPSA) is 54.0 Å². The molecule has 5 heteroatoms. The van der Waals surface area contributed by atoms with Crippen molar-refractivity contribution in [1.82, 2.24) is 0 Å². The van der Waals surface area contributed by atoms with Gasteiger partial charge in [0.1, 0.15) is 5.84 Å². The van der Waals surface area contributed by atoms with E-state index in [1.807, 2.05) is 72.0 Å². The minimum atomic E-state index is -0.568. The number of rotatable bonds is 7. The van der Waals surface area contributed by atoms with Gasteiger partial charge in [-0.1, -0.05) is 164 Å². The molecule has 0 bridgehead atoms. The Morgan fingerprint density at radius 3 is 1.76 bits per heavy atom. The monoisotopic (exact) mass is 764 g/mol. The molecule has 0 radical (unpaired) electrons. The summed E-state index contributed by atoms with van der Waals surface area (Å²) in [7, 11) is 0. The van der Waals surface area contributed by atoms with Crippen LogP contribution in [-0.2, 0) is 5.41 Å². The Morgan fingerprint density at radius 1 is 0.534 bits per heavy atom. The second-order valence-electron chi connectivity index (χ2n) is 14.7. The second kappa shape index (κ2) is 14.8. The third kappa shape index (κ3) is 5.99. The third-order valence-electron chi connectivity index (χ3n) is 11.4. The zero-order valence-corrected chi connectivity index (χ0v) is 32.9. The standard InChI is InChI=1S/C53H40N4S/c1-36(55-52(39-19-7-3-8-20-39)56-51(54)38-17-5-2-6-18-38)37-29-32-42(33-30-37)57-47-26-14-12-24-45(47)53(40-21-9-4-10-22-40,46-25-13-15-27-48(46)57)41-31-34-50-44(35-41)43-23-11-16-28-49(43)58-50/h2-36H,1H3,(H2,54,55,56). The fourth-order valence-electron chi connectivity index (χ4n) is 8.66. The number of fused-ring (bicyclic) bond motifs is 5. The molecule has 0 fully saturated rings. The van der Waals surface area contributed by atoms with Crippen LogP contribution in [0.25, 0.3) is 20.2 Å². The van der Waals surface area contributed by atoms with Crippen LogP contribution in [0.15, 0.2) is 216 Å². The Balaban J connectivity index is 1.10. The Kier molecular flexibility index (Phi) is 9.00. The predicted molar refractivity (Wildman–Crippen MR) is 244 cm³/mol. The molecule has 0 aliphatic carbocycles. The summed E-state index contributed by atoms with van der Waals surface area (Å²) in [6.07, 6.45) is 0. The molecule has 0 saturated carbocycles. The molecule has 1 aliphatic heterocycles. The number of amidine groups is 2. The number of hydrogen-bond donors (Lipinski definition) is 1. The minimum absolute atomic E-state index is 0.175. The van der Waals surface area contributed by atoms with Crippen LogP contribution in [0.5, 0.6) is 0 Å². The first-order chi connectivity index (χ1) is 28.6. The first kappa shape index (κ1) is 35.3. The molecular weight excluding hydrogens is 725 g/mol. The van der Waals surface area contributed by atoms with Gasteiger partial charge in [0.2, 0.25) is 0 Å². The predicted octanol–water partition coefficient (Wildman–Crippen LogP) is 13.1. The van der Waals surface area contributed by atoms with E-state index in [2.05, 4.69) is 157 Å². The van der Waals surface area contributed by atoms with Gasteiger partial charge in [0.05, 0.1) is 22.8 Å². The largest absolute Gasteiger partial charge is 0.383 e. The van der Waals surface area contributed by atoms with Crippen molar-refractivity contribution in [2.24, 2.45) is 15.7 Å². The average molecular weight is 765 g/mol. The number of nitrogens with zero attached hydrogens (tertiary/aromatic N) is 3. The second-order valence-corrected chi connectivity index (χ2v) is 15.8. The van der Waals surface area contributed by atoms with Crippen LogP contribution in [0.3, 0.4) is 0 Å². The summed E-state index contributed by atoms with van der Waals surface area (Å²) in [6, 6.07) is 73.3. The van der Waals surface area contributed by atoms with Crippen molar-refractivity contribution >= 4 is 60.2 Å². The summed E-state index contributed by atoms with van der Waals surface area (Å²) in [5, 5.41) is 2.59. The summed E-state index contributed by atoms with van der Waals surface area (Å²) in [6.45, 7) is 2.11. The average Bonchev–Trinajstić information content (AvgIpc) is 3.67. The molecule has 10 rings (SSSR count). The number of aliphatic imine (C=N–C) groups is 2. The van der Waals surface area contributed by atoms with Gasteiger partial charge in [-0.15, -0.1) is 11.3 Å². The van der Waals surface area contributed by atoms with Gasteiger partial charge in [-0.05, 0) is 77.2 Å². The van der Waals surface area contributed by atoms with E-state index < -0.39 is 5.41 Å². The van der Waals surface area contributed by atoms with Crippen molar-refractivity contribution in [3.05, 3.63) is 245 Å². The Labute approximate surface area is 342 Å². The molecule has 0 amide bonds. The zero-order chi connectivity index (χ0) is 39.1. The summed E-state index contributed by atoms with van der Waals surface area (Å²) in [4.78, 5) is 12.4. The molecule has 4 nitrogen and oxygen atoms in total. The maximum atomic E-state index is 6.53. The normalized spacial score (nSPS) is 14.3. The van der Waals surface area contributed by atoms with Gasteiger partial charge in [-0.2, -0.15) is 0 Å². The van der Waals surface area contributed by atoms with Gasteiger partial charge in [0.25, 0.3) is 0 Å². The van der Waals surface area contributed by atoms with E-state index in [1.54, 1.807) is 0 Å². The molecule has 1 atom stereocenters. The molecule has 0 spiro atoms. The van der Waals surface area contributed by atoms with Crippen LogP contribution in [0.2, 0.25) is 0 Å². The first-order valence-corrected chi connectivity index (χ1v) is 20.5. The Morgan fingerprint density at radius 2 is 1.09 bits per heavy atom. The smallest absolute Gasteiger partial charge is 0.157 e. The van der Waals surface area contributed by atoms with Crippen LogP contribution in [0.4, 0.5) is 17.1 Å². The molecule has 58 heavy (non-hydrogen) atoms. The molecule has 2 N–H and O–H groups in total. The van der Waals surface area contributed by atoms with Gasteiger partial charge in [0.15, 0.2) is 5.84 Å². The van der Waals surface area contributed by atoms with Crippen LogP contribution in [0, 0.1) is 0 Å². The van der Waals surface area contributed by atoms with Gasteiger partial charge in [-0.25, -0.2) is 4.99 Å². The van der Waals surface area contributed by atoms with Gasteiger partial charge in [-0.3, -0.25) is 4.99 Å². The zero-order valence-electron chi connectivity index (χ0n) is 32.0. The van der Waals surface area contributed by atoms with Crippen molar-refractivity contribution < 1.29 is 0 Å². The van der Waals surface area contributed by atoms with Crippen molar-refractivity contribution in [2.45, 2.75) is 18.4 Å². The molecule has 1 aromatic heterocycles. The molecule has 1 aliphatic rings. The quantitative estimate of drug-likeness (QED) is 0.130. The molecule has 0 saturated heterocycles. The highest BCUT2D eigenvalue weighted by Crippen LogP contribution is 2.58. The minimum Gasteiger partial charge on any atom is -0.383 e. The van der Waals surface area contributed by atoms with Crippen molar-refractivity contribution in [3.8, 4) is 0 Å². The summed E-state index contributed by atoms with van der Waals surface area (Å²) >= 11 is 1.86. The van der Waals surface area contributed by atoms with Crippen molar-refractivity contribution in [1.29, 1.82) is 0 Å². The Bertz CT molecular complexity index is 2920. The van der Waals surface area contributed by atoms with E-state index in [0.717, 1.165) is 33.8 Å². The molecule has 2 heterocycles. The fourth-order valence-corrected chi connectivity index (χ4v) is 9.75. The highest BCUT2D eigenvalue weighted by molar-refractivity contribution is 7.25. The third-order valence-corrected chi connectivity index (χ3v) is 12.5. The highest BCUT2D eigenvalue weighted by Gasteiger charge is 2.46. The van der Waals surface area contributed by atoms with E-state index in [-0.39, 0.29) is 6.04 Å². The number of benzene rings is 8. The van der Waals surface area contributed by atoms with Crippen LogP contribution in [-0.4, -0.2) is 11.7 Å². The lowest BCUT2D eigenvalue weighted by atomic mass is 9.62. The summed E-state index contributed by atoms with van der Waals surface area (Å²) in [5.74, 6) is 1.03. The number of hydrogen-bond acceptors (Lipinski definition) is 3. The lowest BCUT2D eigenvalue weighted by Crippen LogP contribution is -2.37. The molecule has 1 unspecified atom stereocenters. The lowest BCUT2D eigenvalue weighted by Gasteiger charge is -2.46. The molecule has 8 aromatic carbocycles. The van der Waals surface area contributed by atoms with Crippen molar-refractivity contribution in [2.75, 3.05) is 4.90 Å². The highest BCUT2D eigenvalue weighted by atomic mass is 32.1. The number of thiophene rings is 1. The molecule has 278 valence electrons. The summed E-state index contributed by atoms with van der Waals surface area (Å²) in [5.41, 5.74) is 17.2. The first-order valence-electron chi connectivity index (χ1n) is 19.7. The van der Waals surface area contributed by atoms with Gasteiger partial charge < -0.3 is 10.6 Å². The number of anilines is 3. The van der Waals surface area contributed by atoms with E-state index in [1.165, 1.54) is 42.4 Å². The van der Waals surface area contributed by atoms with Crippen molar-refractivity contribution in [3.63, 3.8) is 0 Å². The van der Waals surface area contributed by atoms with E-state index in [0.29, 0.717) is 11.7 Å². The fraction of sp³-hybridized carbons (Fsp3) is 0.0566. The Hall–Kier alpha value is -7.08. The number of para-hydroxylation sites is 2.